The van der Waals surface area contributed by atoms with Crippen LogP contribution in [0.4, 0.5) is 0 Å². The van der Waals surface area contributed by atoms with Crippen molar-refractivity contribution in [2.45, 2.75) is 64.8 Å². The average Bonchev–Trinajstić information content (AvgIpc) is 2.71. The number of hydrogen-bond donors (Lipinski definition) is 3. The normalized spacial score (nSPS) is 26.8. The summed E-state index contributed by atoms with van der Waals surface area (Å²) in [7, 11) is 0. The van der Waals surface area contributed by atoms with Crippen molar-refractivity contribution < 1.29 is 14.9 Å². The van der Waals surface area contributed by atoms with Gasteiger partial charge in [-0.1, -0.05) is 13.8 Å². The van der Waals surface area contributed by atoms with Gasteiger partial charge in [-0.25, -0.2) is 0 Å². The highest BCUT2D eigenvalue weighted by molar-refractivity contribution is 4.76. The van der Waals surface area contributed by atoms with Crippen molar-refractivity contribution in [2.24, 2.45) is 11.8 Å². The van der Waals surface area contributed by atoms with E-state index in [1.54, 1.807) is 0 Å². The molecule has 0 bridgehead atoms. The molecule has 0 aromatic heterocycles. The Hall–Kier alpha value is -0.160. The van der Waals surface area contributed by atoms with Gasteiger partial charge in [-0.3, -0.25) is 0 Å². The fourth-order valence-corrected chi connectivity index (χ4v) is 2.75. The Balaban J connectivity index is 2.00. The molecule has 19 heavy (non-hydrogen) atoms. The molecule has 1 aliphatic rings. The van der Waals surface area contributed by atoms with Gasteiger partial charge in [0, 0.05) is 6.54 Å². The van der Waals surface area contributed by atoms with Gasteiger partial charge in [0.1, 0.15) is 0 Å². The summed E-state index contributed by atoms with van der Waals surface area (Å²) in [5.74, 6) is 1.18. The molecule has 0 aromatic carbocycles. The van der Waals surface area contributed by atoms with Crippen LogP contribution in [0, 0.1) is 11.8 Å². The summed E-state index contributed by atoms with van der Waals surface area (Å²) in [6.45, 7) is 8.26. The highest BCUT2D eigenvalue weighted by Crippen LogP contribution is 2.24. The van der Waals surface area contributed by atoms with E-state index in [4.69, 9.17) is 4.74 Å². The van der Waals surface area contributed by atoms with Crippen molar-refractivity contribution in [1.82, 2.24) is 5.32 Å². The van der Waals surface area contributed by atoms with Crippen LogP contribution in [-0.2, 0) is 4.74 Å². The summed E-state index contributed by atoms with van der Waals surface area (Å²) in [6.07, 6.45) is 3.58. The van der Waals surface area contributed by atoms with Crippen LogP contribution in [0.3, 0.4) is 0 Å². The second-order valence-electron chi connectivity index (χ2n) is 6.42. The van der Waals surface area contributed by atoms with E-state index in [1.165, 1.54) is 0 Å². The molecular formula is C15H31NO3. The Bertz CT molecular complexity index is 235. The van der Waals surface area contributed by atoms with E-state index < -0.39 is 6.10 Å². The molecule has 4 heteroatoms. The van der Waals surface area contributed by atoms with E-state index in [0.29, 0.717) is 25.0 Å². The molecule has 4 nitrogen and oxygen atoms in total. The lowest BCUT2D eigenvalue weighted by atomic mass is 10.1. The van der Waals surface area contributed by atoms with E-state index >= 15 is 0 Å². The summed E-state index contributed by atoms with van der Waals surface area (Å²) in [5.41, 5.74) is 0. The van der Waals surface area contributed by atoms with Crippen molar-refractivity contribution in [2.75, 3.05) is 19.7 Å². The lowest BCUT2D eigenvalue weighted by molar-refractivity contribution is -0.00869. The van der Waals surface area contributed by atoms with Gasteiger partial charge in [0.15, 0.2) is 0 Å². The number of ether oxygens (including phenoxy) is 1. The molecule has 0 radical (unpaired) electrons. The summed E-state index contributed by atoms with van der Waals surface area (Å²) in [4.78, 5) is 0. The van der Waals surface area contributed by atoms with Crippen LogP contribution in [-0.4, -0.2) is 48.2 Å². The zero-order valence-electron chi connectivity index (χ0n) is 12.6. The molecule has 0 aliphatic heterocycles. The number of aliphatic hydroxyl groups excluding tert-OH is 2. The number of rotatable bonds is 9. The molecule has 0 heterocycles. The van der Waals surface area contributed by atoms with Gasteiger partial charge < -0.3 is 20.3 Å². The molecule has 3 N–H and O–H groups in total. The van der Waals surface area contributed by atoms with Crippen molar-refractivity contribution >= 4 is 0 Å². The number of aliphatic hydroxyl groups is 2. The average molecular weight is 273 g/mol. The summed E-state index contributed by atoms with van der Waals surface area (Å²) in [5, 5.41) is 22.5. The Labute approximate surface area is 117 Å². The first-order chi connectivity index (χ1) is 8.97. The Morgan fingerprint density at radius 3 is 2.58 bits per heavy atom. The molecule has 0 amide bonds. The minimum absolute atomic E-state index is 0.114. The highest BCUT2D eigenvalue weighted by Gasteiger charge is 2.22. The fourth-order valence-electron chi connectivity index (χ4n) is 2.75. The van der Waals surface area contributed by atoms with Gasteiger partial charge in [0.25, 0.3) is 0 Å². The molecule has 1 fully saturated rings. The quantitative estimate of drug-likeness (QED) is 0.596. The molecule has 114 valence electrons. The molecular weight excluding hydrogens is 242 g/mol. The van der Waals surface area contributed by atoms with Gasteiger partial charge in [-0.05, 0) is 51.0 Å². The summed E-state index contributed by atoms with van der Waals surface area (Å²) in [6, 6.07) is 0. The topological polar surface area (TPSA) is 61.7 Å². The van der Waals surface area contributed by atoms with Crippen molar-refractivity contribution in [3.63, 3.8) is 0 Å². The molecule has 0 saturated heterocycles. The van der Waals surface area contributed by atoms with E-state index in [9.17, 15) is 10.2 Å². The molecule has 1 aliphatic carbocycles. The molecule has 1 saturated carbocycles. The second kappa shape index (κ2) is 8.90. The van der Waals surface area contributed by atoms with Crippen LogP contribution in [0.1, 0.15) is 46.5 Å². The molecule has 4 atom stereocenters. The monoisotopic (exact) mass is 273 g/mol. The van der Waals surface area contributed by atoms with Crippen molar-refractivity contribution in [1.29, 1.82) is 0 Å². The third kappa shape index (κ3) is 7.88. The maximum absolute atomic E-state index is 9.82. The van der Waals surface area contributed by atoms with Crippen LogP contribution in [0.25, 0.3) is 0 Å². The maximum atomic E-state index is 9.82. The largest absolute Gasteiger partial charge is 0.393 e. The lowest BCUT2D eigenvalue weighted by Crippen LogP contribution is -2.34. The maximum Gasteiger partial charge on any atom is 0.0897 e. The highest BCUT2D eigenvalue weighted by atomic mass is 16.5. The SMILES string of the molecule is CC(C)CC(C)OCC(O)CNCC1CCC(O)C1. The minimum atomic E-state index is -0.444. The van der Waals surface area contributed by atoms with Gasteiger partial charge in [0.05, 0.1) is 24.9 Å². The first-order valence-corrected chi connectivity index (χ1v) is 7.65. The van der Waals surface area contributed by atoms with E-state index in [1.807, 2.05) is 0 Å². The predicted octanol–water partition coefficient (Wildman–Crippen LogP) is 1.55. The van der Waals surface area contributed by atoms with E-state index in [2.05, 4.69) is 26.1 Å². The molecule has 1 rings (SSSR count). The zero-order valence-corrected chi connectivity index (χ0v) is 12.6. The van der Waals surface area contributed by atoms with Crippen molar-refractivity contribution in [3.05, 3.63) is 0 Å². The number of nitrogens with one attached hydrogen (secondary N) is 1. The lowest BCUT2D eigenvalue weighted by Gasteiger charge is -2.19. The summed E-state index contributed by atoms with van der Waals surface area (Å²) < 4.78 is 5.62. The van der Waals surface area contributed by atoms with Crippen LogP contribution in [0.15, 0.2) is 0 Å². The van der Waals surface area contributed by atoms with E-state index in [0.717, 1.165) is 32.2 Å². The molecule has 0 aromatic rings. The zero-order chi connectivity index (χ0) is 14.3. The van der Waals surface area contributed by atoms with Crippen LogP contribution in [0.5, 0.6) is 0 Å². The Morgan fingerprint density at radius 1 is 1.26 bits per heavy atom. The smallest absolute Gasteiger partial charge is 0.0897 e. The standard InChI is InChI=1S/C15H31NO3/c1-11(2)6-12(3)19-10-15(18)9-16-8-13-4-5-14(17)7-13/h11-18H,4-10H2,1-3H3. The number of hydrogen-bond acceptors (Lipinski definition) is 4. The third-order valence-corrected chi connectivity index (χ3v) is 3.70. The van der Waals surface area contributed by atoms with Crippen LogP contribution < -0.4 is 5.32 Å². The first-order valence-electron chi connectivity index (χ1n) is 7.65. The second-order valence-corrected chi connectivity index (χ2v) is 6.42. The van der Waals surface area contributed by atoms with Gasteiger partial charge in [0.2, 0.25) is 0 Å². The van der Waals surface area contributed by atoms with Gasteiger partial charge >= 0.3 is 0 Å². The fraction of sp³-hybridized carbons (Fsp3) is 1.00. The Morgan fingerprint density at radius 2 is 2.00 bits per heavy atom. The molecule has 4 unspecified atom stereocenters. The van der Waals surface area contributed by atoms with Crippen molar-refractivity contribution in [3.8, 4) is 0 Å². The predicted molar refractivity (Wildman–Crippen MR) is 77.1 cm³/mol. The Kier molecular flexibility index (Phi) is 7.91. The first kappa shape index (κ1) is 16.9. The van der Waals surface area contributed by atoms with E-state index in [-0.39, 0.29) is 12.2 Å². The minimum Gasteiger partial charge on any atom is -0.393 e. The van der Waals surface area contributed by atoms with Gasteiger partial charge in [-0.15, -0.1) is 0 Å². The summed E-state index contributed by atoms with van der Waals surface area (Å²) >= 11 is 0. The van der Waals surface area contributed by atoms with Crippen LogP contribution >= 0.6 is 0 Å². The molecule has 0 spiro atoms. The van der Waals surface area contributed by atoms with Gasteiger partial charge in [-0.2, -0.15) is 0 Å². The third-order valence-electron chi connectivity index (χ3n) is 3.70. The van der Waals surface area contributed by atoms with Crippen LogP contribution in [0.2, 0.25) is 0 Å².